The lowest BCUT2D eigenvalue weighted by Gasteiger charge is -2.36. The summed E-state index contributed by atoms with van der Waals surface area (Å²) < 4.78 is 22.3. The molecule has 0 spiro atoms. The molecule has 0 fully saturated rings. The first-order chi connectivity index (χ1) is 11.3. The van der Waals surface area contributed by atoms with E-state index in [1.807, 2.05) is 20.8 Å². The number of nitrogens with zero attached hydrogens (tertiary/aromatic N) is 1. The predicted molar refractivity (Wildman–Crippen MR) is 104 cm³/mol. The van der Waals surface area contributed by atoms with Crippen molar-refractivity contribution in [3.05, 3.63) is 0 Å². The Hall–Kier alpha value is -0.633. The number of hydrogen-bond acceptors (Lipinski definition) is 5. The van der Waals surface area contributed by atoms with Gasteiger partial charge in [0.1, 0.15) is 5.60 Å². The van der Waals surface area contributed by atoms with Crippen molar-refractivity contribution < 1.29 is 23.4 Å². The molecule has 7 heteroatoms. The Kier molecular flexibility index (Phi) is 10.2. The average molecular weight is 378 g/mol. The molecular formula is C18H39NO5Si. The monoisotopic (exact) mass is 377 g/mol. The third-order valence-corrected chi connectivity index (χ3v) is 8.68. The van der Waals surface area contributed by atoms with E-state index in [1.54, 1.807) is 7.05 Å². The molecule has 0 unspecified atom stereocenters. The highest BCUT2D eigenvalue weighted by Gasteiger charge is 2.36. The van der Waals surface area contributed by atoms with Crippen LogP contribution in [-0.2, 0) is 18.6 Å². The van der Waals surface area contributed by atoms with Crippen molar-refractivity contribution in [1.82, 2.24) is 4.90 Å². The number of amides is 1. The van der Waals surface area contributed by atoms with Crippen molar-refractivity contribution in [2.24, 2.45) is 0 Å². The molecule has 1 amide bonds. The zero-order valence-corrected chi connectivity index (χ0v) is 18.7. The molecule has 0 aliphatic heterocycles. The van der Waals surface area contributed by atoms with Gasteiger partial charge in [-0.15, -0.1) is 0 Å². The standard InChI is InChI=1S/C18H39NO5Si/c1-17(2,3)24-16(20)19(7)10-11-21-12-13-22-14-15-23-25(8,9)18(4,5)6/h10-15H2,1-9H3. The summed E-state index contributed by atoms with van der Waals surface area (Å²) >= 11 is 0. The van der Waals surface area contributed by atoms with Crippen LogP contribution >= 0.6 is 0 Å². The molecule has 0 aromatic rings. The summed E-state index contributed by atoms with van der Waals surface area (Å²) in [5, 5.41) is 0.219. The van der Waals surface area contributed by atoms with Crippen LogP contribution in [0.3, 0.4) is 0 Å². The van der Waals surface area contributed by atoms with E-state index in [4.69, 9.17) is 18.6 Å². The number of carbonyl (C=O) groups excluding carboxylic acids is 1. The maximum atomic E-state index is 11.8. The van der Waals surface area contributed by atoms with Crippen LogP contribution in [0.4, 0.5) is 4.79 Å². The van der Waals surface area contributed by atoms with E-state index in [1.165, 1.54) is 4.90 Å². The fraction of sp³-hybridized carbons (Fsp3) is 0.944. The zero-order chi connectivity index (χ0) is 19.7. The molecule has 0 aromatic heterocycles. The van der Waals surface area contributed by atoms with Gasteiger partial charge in [-0.05, 0) is 38.9 Å². The molecule has 0 rings (SSSR count). The van der Waals surface area contributed by atoms with Gasteiger partial charge in [0.2, 0.25) is 0 Å². The number of likely N-dealkylation sites (N-methyl/N-ethyl adjacent to an activating group) is 1. The Morgan fingerprint density at radius 1 is 0.880 bits per heavy atom. The second-order valence-corrected chi connectivity index (χ2v) is 13.5. The Morgan fingerprint density at radius 2 is 1.36 bits per heavy atom. The van der Waals surface area contributed by atoms with E-state index in [0.717, 1.165) is 0 Å². The van der Waals surface area contributed by atoms with Crippen LogP contribution in [-0.4, -0.2) is 71.5 Å². The molecule has 0 aromatic carbocycles. The molecule has 0 aliphatic carbocycles. The summed E-state index contributed by atoms with van der Waals surface area (Å²) in [6.45, 7) is 19.9. The molecule has 0 saturated heterocycles. The van der Waals surface area contributed by atoms with Crippen LogP contribution in [0.2, 0.25) is 18.1 Å². The molecule has 6 nitrogen and oxygen atoms in total. The van der Waals surface area contributed by atoms with Gasteiger partial charge in [-0.1, -0.05) is 20.8 Å². The van der Waals surface area contributed by atoms with Crippen LogP contribution in [0.25, 0.3) is 0 Å². The first kappa shape index (κ1) is 24.4. The SMILES string of the molecule is CN(CCOCCOCCO[Si](C)(C)C(C)(C)C)C(=O)OC(C)(C)C. The summed E-state index contributed by atoms with van der Waals surface area (Å²) in [6, 6.07) is 0. The van der Waals surface area contributed by atoms with Crippen LogP contribution < -0.4 is 0 Å². The lowest BCUT2D eigenvalue weighted by molar-refractivity contribution is 0.0129. The predicted octanol–water partition coefficient (Wildman–Crippen LogP) is 3.91. The largest absolute Gasteiger partial charge is 0.444 e. The van der Waals surface area contributed by atoms with Crippen molar-refractivity contribution in [3.63, 3.8) is 0 Å². The van der Waals surface area contributed by atoms with E-state index in [0.29, 0.717) is 39.6 Å². The molecule has 0 bridgehead atoms. The van der Waals surface area contributed by atoms with Gasteiger partial charge in [-0.3, -0.25) is 0 Å². The topological polar surface area (TPSA) is 57.2 Å². The highest BCUT2D eigenvalue weighted by Crippen LogP contribution is 2.36. The first-order valence-corrected chi connectivity index (χ1v) is 11.9. The van der Waals surface area contributed by atoms with E-state index in [9.17, 15) is 4.79 Å². The number of rotatable bonds is 10. The average Bonchev–Trinajstić information content (AvgIpc) is 2.42. The molecule has 150 valence electrons. The van der Waals surface area contributed by atoms with Crippen LogP contribution in [0.15, 0.2) is 0 Å². The van der Waals surface area contributed by atoms with Gasteiger partial charge < -0.3 is 23.5 Å². The minimum atomic E-state index is -1.69. The van der Waals surface area contributed by atoms with E-state index in [-0.39, 0.29) is 11.1 Å². The van der Waals surface area contributed by atoms with E-state index < -0.39 is 13.9 Å². The third-order valence-electron chi connectivity index (χ3n) is 4.14. The number of ether oxygens (including phenoxy) is 3. The Bertz CT molecular complexity index is 388. The van der Waals surface area contributed by atoms with Crippen molar-refractivity contribution in [2.45, 2.75) is 65.3 Å². The van der Waals surface area contributed by atoms with Crippen molar-refractivity contribution in [3.8, 4) is 0 Å². The Morgan fingerprint density at radius 3 is 1.84 bits per heavy atom. The summed E-state index contributed by atoms with van der Waals surface area (Å²) in [7, 11) is 0.0132. The number of carbonyl (C=O) groups is 1. The lowest BCUT2D eigenvalue weighted by atomic mass is 10.2. The third kappa shape index (κ3) is 11.6. The smallest absolute Gasteiger partial charge is 0.410 e. The van der Waals surface area contributed by atoms with Crippen molar-refractivity contribution in [1.29, 1.82) is 0 Å². The van der Waals surface area contributed by atoms with Gasteiger partial charge in [0.05, 0.1) is 33.0 Å². The quantitative estimate of drug-likeness (QED) is 0.427. The van der Waals surface area contributed by atoms with Gasteiger partial charge in [0.25, 0.3) is 0 Å². The van der Waals surface area contributed by atoms with Crippen LogP contribution in [0, 0.1) is 0 Å². The van der Waals surface area contributed by atoms with E-state index in [2.05, 4.69) is 33.9 Å². The van der Waals surface area contributed by atoms with Crippen LogP contribution in [0.1, 0.15) is 41.5 Å². The van der Waals surface area contributed by atoms with Crippen molar-refractivity contribution in [2.75, 3.05) is 46.6 Å². The minimum absolute atomic E-state index is 0.219. The zero-order valence-electron chi connectivity index (χ0n) is 17.7. The fourth-order valence-electron chi connectivity index (χ4n) is 1.53. The Balaban J connectivity index is 3.64. The fourth-order valence-corrected chi connectivity index (χ4v) is 2.55. The summed E-state index contributed by atoms with van der Waals surface area (Å²) in [6.07, 6.45) is -0.338. The van der Waals surface area contributed by atoms with Gasteiger partial charge in [-0.2, -0.15) is 0 Å². The highest BCUT2D eigenvalue weighted by atomic mass is 28.4. The Labute approximate surface area is 155 Å². The molecule has 0 heterocycles. The summed E-state index contributed by atoms with van der Waals surface area (Å²) in [5.74, 6) is 0. The van der Waals surface area contributed by atoms with E-state index >= 15 is 0 Å². The molecule has 0 saturated carbocycles. The number of hydrogen-bond donors (Lipinski definition) is 0. The highest BCUT2D eigenvalue weighted by molar-refractivity contribution is 6.74. The van der Waals surface area contributed by atoms with Gasteiger partial charge in [0.15, 0.2) is 8.32 Å². The van der Waals surface area contributed by atoms with Gasteiger partial charge in [-0.25, -0.2) is 4.79 Å². The van der Waals surface area contributed by atoms with Gasteiger partial charge >= 0.3 is 6.09 Å². The molecule has 0 atom stereocenters. The normalized spacial score (nSPS) is 13.0. The molecule has 25 heavy (non-hydrogen) atoms. The second kappa shape index (κ2) is 10.5. The van der Waals surface area contributed by atoms with Gasteiger partial charge in [0, 0.05) is 13.6 Å². The molecule has 0 aliphatic rings. The second-order valence-electron chi connectivity index (χ2n) is 8.74. The molecule has 0 N–H and O–H groups in total. The maximum Gasteiger partial charge on any atom is 0.410 e. The lowest BCUT2D eigenvalue weighted by Crippen LogP contribution is -2.41. The molecular weight excluding hydrogens is 338 g/mol. The molecule has 0 radical (unpaired) electrons. The first-order valence-electron chi connectivity index (χ1n) is 9.00. The van der Waals surface area contributed by atoms with Crippen molar-refractivity contribution >= 4 is 14.4 Å². The maximum absolute atomic E-state index is 11.8. The summed E-state index contributed by atoms with van der Waals surface area (Å²) in [4.78, 5) is 13.3. The minimum Gasteiger partial charge on any atom is -0.444 e. The summed E-state index contributed by atoms with van der Waals surface area (Å²) in [5.41, 5.74) is -0.480. The van der Waals surface area contributed by atoms with Crippen LogP contribution in [0.5, 0.6) is 0 Å².